The van der Waals surface area contributed by atoms with E-state index in [1.54, 1.807) is 11.1 Å². The molecular formula is C22H21N3O2S. The van der Waals surface area contributed by atoms with Crippen molar-refractivity contribution < 1.29 is 9.59 Å². The van der Waals surface area contributed by atoms with Gasteiger partial charge < -0.3 is 10.2 Å². The summed E-state index contributed by atoms with van der Waals surface area (Å²) < 4.78 is 0. The molecule has 2 unspecified atom stereocenters. The van der Waals surface area contributed by atoms with E-state index >= 15 is 0 Å². The molecule has 0 spiro atoms. The smallest absolute Gasteiger partial charge is 0.264 e. The molecule has 4 rings (SSSR count). The summed E-state index contributed by atoms with van der Waals surface area (Å²) in [5, 5.41) is 4.97. The fourth-order valence-corrected chi connectivity index (χ4v) is 4.22. The predicted octanol–water partition coefficient (Wildman–Crippen LogP) is 3.76. The maximum absolute atomic E-state index is 13.1. The van der Waals surface area contributed by atoms with Gasteiger partial charge in [-0.05, 0) is 35.6 Å². The molecule has 3 aromatic rings. The molecule has 3 heterocycles. The van der Waals surface area contributed by atoms with Gasteiger partial charge in [-0.2, -0.15) is 0 Å². The molecule has 0 bridgehead atoms. The molecule has 0 saturated heterocycles. The summed E-state index contributed by atoms with van der Waals surface area (Å²) in [4.78, 5) is 32.9. The van der Waals surface area contributed by atoms with Crippen molar-refractivity contribution in [3.8, 4) is 0 Å². The molecule has 1 aromatic carbocycles. The van der Waals surface area contributed by atoms with Crippen LogP contribution in [0.3, 0.4) is 0 Å². The maximum atomic E-state index is 13.1. The number of benzene rings is 1. The van der Waals surface area contributed by atoms with Crippen LogP contribution in [0.1, 0.15) is 45.4 Å². The summed E-state index contributed by atoms with van der Waals surface area (Å²) in [5.74, 6) is -0.640. The molecule has 0 fully saturated rings. The van der Waals surface area contributed by atoms with E-state index in [4.69, 9.17) is 0 Å². The van der Waals surface area contributed by atoms with Crippen molar-refractivity contribution >= 4 is 23.2 Å². The summed E-state index contributed by atoms with van der Waals surface area (Å²) in [6, 6.07) is 17.2. The second-order valence-corrected chi connectivity index (χ2v) is 7.85. The average molecular weight is 391 g/mol. The third-order valence-electron chi connectivity index (χ3n) is 5.01. The van der Waals surface area contributed by atoms with Gasteiger partial charge in [0.2, 0.25) is 5.91 Å². The minimum atomic E-state index is -0.486. The van der Waals surface area contributed by atoms with E-state index in [-0.39, 0.29) is 17.9 Å². The number of thiophene rings is 1. The topological polar surface area (TPSA) is 62.3 Å². The van der Waals surface area contributed by atoms with Crippen molar-refractivity contribution in [3.05, 3.63) is 87.9 Å². The first-order valence-electron chi connectivity index (χ1n) is 9.25. The number of amides is 2. The SMILES string of the molecule is CC(NC(=O)C1CN(C(=O)c2cccs2)Cc2cccnc21)c1ccccc1. The first-order chi connectivity index (χ1) is 13.6. The Balaban J connectivity index is 1.57. The Morgan fingerprint density at radius 2 is 1.96 bits per heavy atom. The summed E-state index contributed by atoms with van der Waals surface area (Å²) in [6.07, 6.45) is 1.70. The Labute approximate surface area is 168 Å². The number of hydrogen-bond acceptors (Lipinski definition) is 4. The van der Waals surface area contributed by atoms with Crippen LogP contribution in [0.4, 0.5) is 0 Å². The van der Waals surface area contributed by atoms with E-state index in [1.165, 1.54) is 11.3 Å². The van der Waals surface area contributed by atoms with Gasteiger partial charge in [0.15, 0.2) is 0 Å². The highest BCUT2D eigenvalue weighted by molar-refractivity contribution is 7.12. The fourth-order valence-electron chi connectivity index (χ4n) is 3.53. The third kappa shape index (κ3) is 3.68. The van der Waals surface area contributed by atoms with Crippen molar-refractivity contribution in [1.82, 2.24) is 15.2 Å². The third-order valence-corrected chi connectivity index (χ3v) is 5.87. The molecule has 6 heteroatoms. The minimum Gasteiger partial charge on any atom is -0.349 e. The van der Waals surface area contributed by atoms with Gasteiger partial charge in [-0.3, -0.25) is 14.6 Å². The maximum Gasteiger partial charge on any atom is 0.264 e. The Hall–Kier alpha value is -2.99. The minimum absolute atomic E-state index is 0.0431. The first kappa shape index (κ1) is 18.4. The highest BCUT2D eigenvalue weighted by atomic mass is 32.1. The van der Waals surface area contributed by atoms with Crippen molar-refractivity contribution in [2.24, 2.45) is 0 Å². The second-order valence-electron chi connectivity index (χ2n) is 6.90. The zero-order valence-corrected chi connectivity index (χ0v) is 16.4. The number of hydrogen-bond donors (Lipinski definition) is 1. The Bertz CT molecular complexity index is 972. The van der Waals surface area contributed by atoms with Crippen LogP contribution in [0, 0.1) is 0 Å². The molecule has 1 aliphatic rings. The van der Waals surface area contributed by atoms with Crippen LogP contribution in [0.15, 0.2) is 66.2 Å². The lowest BCUT2D eigenvalue weighted by molar-refractivity contribution is -0.123. The number of aromatic nitrogens is 1. The standard InChI is InChI=1S/C22H21N3O2S/c1-15(16-7-3-2-4-8-16)24-21(26)18-14-25(22(27)19-10-6-12-28-19)13-17-9-5-11-23-20(17)18/h2-12,15,18H,13-14H2,1H3,(H,24,26). The van der Waals surface area contributed by atoms with Crippen molar-refractivity contribution in [1.29, 1.82) is 0 Å². The summed E-state index contributed by atoms with van der Waals surface area (Å²) in [5.41, 5.74) is 2.72. The highest BCUT2D eigenvalue weighted by Crippen LogP contribution is 2.29. The fraction of sp³-hybridized carbons (Fsp3) is 0.227. The van der Waals surface area contributed by atoms with Gasteiger partial charge in [-0.15, -0.1) is 11.3 Å². The van der Waals surface area contributed by atoms with Crippen LogP contribution >= 0.6 is 11.3 Å². The number of fused-ring (bicyclic) bond motifs is 1. The van der Waals surface area contributed by atoms with Crippen LogP contribution in [-0.2, 0) is 11.3 Å². The number of nitrogens with zero attached hydrogens (tertiary/aromatic N) is 2. The summed E-state index contributed by atoms with van der Waals surface area (Å²) >= 11 is 1.42. The molecule has 1 N–H and O–H groups in total. The van der Waals surface area contributed by atoms with Gasteiger partial charge in [-0.25, -0.2) is 0 Å². The second kappa shape index (κ2) is 7.94. The van der Waals surface area contributed by atoms with Gasteiger partial charge >= 0.3 is 0 Å². The van der Waals surface area contributed by atoms with Crippen LogP contribution in [0.2, 0.25) is 0 Å². The van der Waals surface area contributed by atoms with E-state index in [0.717, 1.165) is 16.8 Å². The molecule has 5 nitrogen and oxygen atoms in total. The number of nitrogens with one attached hydrogen (secondary N) is 1. The van der Waals surface area contributed by atoms with Gasteiger partial charge in [0.1, 0.15) is 0 Å². The normalized spacial score (nSPS) is 16.9. The highest BCUT2D eigenvalue weighted by Gasteiger charge is 2.34. The van der Waals surface area contributed by atoms with Crippen LogP contribution in [0.5, 0.6) is 0 Å². The number of rotatable bonds is 4. The number of pyridine rings is 1. The van der Waals surface area contributed by atoms with Crippen molar-refractivity contribution in [3.63, 3.8) is 0 Å². The van der Waals surface area contributed by atoms with Crippen LogP contribution in [0.25, 0.3) is 0 Å². The molecular weight excluding hydrogens is 370 g/mol. The summed E-state index contributed by atoms with van der Waals surface area (Å²) in [6.45, 7) is 2.76. The molecule has 1 aliphatic heterocycles. The van der Waals surface area contributed by atoms with E-state index in [9.17, 15) is 9.59 Å². The molecule has 2 aromatic heterocycles. The zero-order valence-electron chi connectivity index (χ0n) is 15.5. The average Bonchev–Trinajstić information content (AvgIpc) is 3.27. The van der Waals surface area contributed by atoms with Crippen molar-refractivity contribution in [2.45, 2.75) is 25.4 Å². The molecule has 2 amide bonds. The quantitative estimate of drug-likeness (QED) is 0.737. The molecule has 28 heavy (non-hydrogen) atoms. The molecule has 142 valence electrons. The monoisotopic (exact) mass is 391 g/mol. The van der Waals surface area contributed by atoms with Crippen LogP contribution < -0.4 is 5.32 Å². The largest absolute Gasteiger partial charge is 0.349 e. The molecule has 0 saturated carbocycles. The lowest BCUT2D eigenvalue weighted by Gasteiger charge is -2.33. The Morgan fingerprint density at radius 3 is 2.71 bits per heavy atom. The lowest BCUT2D eigenvalue weighted by atomic mass is 9.93. The summed E-state index contributed by atoms with van der Waals surface area (Å²) in [7, 11) is 0. The van der Waals surface area contributed by atoms with Gasteiger partial charge in [-0.1, -0.05) is 42.5 Å². The zero-order chi connectivity index (χ0) is 19.5. The number of carbonyl (C=O) groups excluding carboxylic acids is 2. The molecule has 0 radical (unpaired) electrons. The first-order valence-corrected chi connectivity index (χ1v) is 10.1. The number of carbonyl (C=O) groups is 2. The van der Waals surface area contributed by atoms with Gasteiger partial charge in [0.25, 0.3) is 5.91 Å². The Morgan fingerprint density at radius 1 is 1.14 bits per heavy atom. The van der Waals surface area contributed by atoms with Gasteiger partial charge in [0.05, 0.1) is 22.5 Å². The Kier molecular flexibility index (Phi) is 5.21. The van der Waals surface area contributed by atoms with E-state index < -0.39 is 5.92 Å². The van der Waals surface area contributed by atoms with Crippen LogP contribution in [-0.4, -0.2) is 28.2 Å². The van der Waals surface area contributed by atoms with Crippen molar-refractivity contribution in [2.75, 3.05) is 6.54 Å². The molecule has 2 atom stereocenters. The molecule has 0 aliphatic carbocycles. The van der Waals surface area contributed by atoms with E-state index in [0.29, 0.717) is 18.0 Å². The lowest BCUT2D eigenvalue weighted by Crippen LogP contribution is -2.44. The van der Waals surface area contributed by atoms with E-state index in [1.807, 2.05) is 66.9 Å². The van der Waals surface area contributed by atoms with Gasteiger partial charge in [0, 0.05) is 19.3 Å². The van der Waals surface area contributed by atoms with E-state index in [2.05, 4.69) is 10.3 Å². The predicted molar refractivity (Wildman–Crippen MR) is 109 cm³/mol.